The highest BCUT2D eigenvalue weighted by Crippen LogP contribution is 2.33. The molecule has 9 heteroatoms. The maximum absolute atomic E-state index is 13.4. The Kier molecular flexibility index (Phi) is 6.56. The molecule has 1 heterocycles. The van der Waals surface area contributed by atoms with E-state index in [-0.39, 0.29) is 26.5 Å². The van der Waals surface area contributed by atoms with Crippen LogP contribution in [0.3, 0.4) is 0 Å². The summed E-state index contributed by atoms with van der Waals surface area (Å²) in [4.78, 5) is 17.6. The Morgan fingerprint density at radius 3 is 2.17 bits per heavy atom. The number of nitrogens with one attached hydrogen (secondary N) is 1. The lowest BCUT2D eigenvalue weighted by atomic mass is 9.99. The minimum atomic E-state index is -3.66. The second kappa shape index (κ2) is 9.44. The van der Waals surface area contributed by atoms with Crippen LogP contribution in [0.2, 0.25) is 0 Å². The topological polar surface area (TPSA) is 110 Å². The molecule has 0 aliphatic carbocycles. The van der Waals surface area contributed by atoms with Gasteiger partial charge in [-0.1, -0.05) is 36.4 Å². The minimum Gasteiger partial charge on any atom is -0.322 e. The summed E-state index contributed by atoms with van der Waals surface area (Å²) in [5, 5.41) is 2.83. The molecule has 0 aliphatic heterocycles. The molecule has 0 saturated heterocycles. The first-order chi connectivity index (χ1) is 16.5. The number of carbonyl (C=O) groups excluding carboxylic acids is 1. The zero-order valence-corrected chi connectivity index (χ0v) is 20.6. The number of carbonyl (C=O) groups is 1. The maximum atomic E-state index is 13.4. The van der Waals surface area contributed by atoms with E-state index in [9.17, 15) is 21.6 Å². The first kappa shape index (κ1) is 24.3. The van der Waals surface area contributed by atoms with Gasteiger partial charge in [0.2, 0.25) is 0 Å². The van der Waals surface area contributed by atoms with Gasteiger partial charge in [-0.05, 0) is 54.1 Å². The number of nitrogens with zero attached hydrogens (tertiary/aromatic N) is 1. The third kappa shape index (κ3) is 5.47. The Morgan fingerprint density at radius 1 is 0.743 bits per heavy atom. The molecule has 3 aromatic carbocycles. The van der Waals surface area contributed by atoms with Crippen LogP contribution in [0.15, 0.2) is 101 Å². The van der Waals surface area contributed by atoms with Crippen LogP contribution in [-0.4, -0.2) is 40.2 Å². The van der Waals surface area contributed by atoms with Gasteiger partial charge in [0.1, 0.15) is 0 Å². The van der Waals surface area contributed by atoms with E-state index in [4.69, 9.17) is 0 Å². The highest BCUT2D eigenvalue weighted by molar-refractivity contribution is 7.91. The van der Waals surface area contributed by atoms with Gasteiger partial charge in [-0.25, -0.2) is 16.8 Å². The number of sulfone groups is 2. The van der Waals surface area contributed by atoms with E-state index in [2.05, 4.69) is 10.3 Å². The Labute approximate surface area is 204 Å². The monoisotopic (exact) mass is 506 g/mol. The summed E-state index contributed by atoms with van der Waals surface area (Å²) in [5.41, 5.74) is 2.63. The lowest BCUT2D eigenvalue weighted by Crippen LogP contribution is -2.14. The van der Waals surface area contributed by atoms with Crippen molar-refractivity contribution in [1.29, 1.82) is 0 Å². The number of pyridine rings is 1. The first-order valence-corrected chi connectivity index (χ1v) is 14.3. The number of hydrogen-bond donors (Lipinski definition) is 1. The maximum Gasteiger partial charge on any atom is 0.256 e. The molecule has 0 spiro atoms. The minimum absolute atomic E-state index is 0.00292. The number of aromatic nitrogens is 1. The van der Waals surface area contributed by atoms with Crippen LogP contribution < -0.4 is 5.32 Å². The van der Waals surface area contributed by atoms with Gasteiger partial charge in [-0.15, -0.1) is 0 Å². The van der Waals surface area contributed by atoms with Gasteiger partial charge >= 0.3 is 0 Å². The molecule has 0 unspecified atom stereocenters. The van der Waals surface area contributed by atoms with Crippen molar-refractivity contribution >= 4 is 31.3 Å². The smallest absolute Gasteiger partial charge is 0.256 e. The molecule has 4 rings (SSSR count). The van der Waals surface area contributed by atoms with E-state index in [1.165, 1.54) is 24.3 Å². The SMILES string of the molecule is CS(=O)(=O)c1ccc(C(=O)Nc2cccc(-c3ccccn3)c2)c(-c2ccccc2S(C)(=O)=O)c1. The molecular formula is C26H22N2O5S2. The van der Waals surface area contributed by atoms with Gasteiger partial charge in [0.15, 0.2) is 19.7 Å². The summed E-state index contributed by atoms with van der Waals surface area (Å²) in [5.74, 6) is -0.512. The van der Waals surface area contributed by atoms with Gasteiger partial charge < -0.3 is 5.32 Å². The third-order valence-electron chi connectivity index (χ3n) is 5.32. The lowest BCUT2D eigenvalue weighted by molar-refractivity contribution is 0.102. The molecule has 0 fully saturated rings. The van der Waals surface area contributed by atoms with E-state index < -0.39 is 25.6 Å². The van der Waals surface area contributed by atoms with E-state index in [1.807, 2.05) is 24.3 Å². The molecule has 4 aromatic rings. The Balaban J connectivity index is 1.81. The van der Waals surface area contributed by atoms with Gasteiger partial charge in [0, 0.05) is 41.1 Å². The number of hydrogen-bond acceptors (Lipinski definition) is 6. The fraction of sp³-hybridized carbons (Fsp3) is 0.0769. The summed E-state index contributed by atoms with van der Waals surface area (Å²) in [7, 11) is -7.26. The predicted octanol–water partition coefficient (Wildman–Crippen LogP) is 4.47. The van der Waals surface area contributed by atoms with Crippen LogP contribution in [-0.2, 0) is 19.7 Å². The number of anilines is 1. The van der Waals surface area contributed by atoms with E-state index in [0.717, 1.165) is 23.8 Å². The predicted molar refractivity (Wildman–Crippen MR) is 136 cm³/mol. The number of amides is 1. The number of benzene rings is 3. The summed E-state index contributed by atoms with van der Waals surface area (Å²) >= 11 is 0. The lowest BCUT2D eigenvalue weighted by Gasteiger charge is -2.15. The van der Waals surface area contributed by atoms with Crippen LogP contribution in [0.1, 0.15) is 10.4 Å². The second-order valence-electron chi connectivity index (χ2n) is 8.00. The third-order valence-corrected chi connectivity index (χ3v) is 7.59. The fourth-order valence-electron chi connectivity index (χ4n) is 3.68. The molecule has 7 nitrogen and oxygen atoms in total. The summed E-state index contributed by atoms with van der Waals surface area (Å²) in [6.45, 7) is 0. The largest absolute Gasteiger partial charge is 0.322 e. The van der Waals surface area contributed by atoms with E-state index in [1.54, 1.807) is 42.6 Å². The molecule has 0 saturated carbocycles. The van der Waals surface area contributed by atoms with Crippen LogP contribution in [0.25, 0.3) is 22.4 Å². The van der Waals surface area contributed by atoms with Crippen molar-refractivity contribution in [3.63, 3.8) is 0 Å². The highest BCUT2D eigenvalue weighted by Gasteiger charge is 2.22. The molecule has 1 amide bonds. The standard InChI is InChI=1S/C26H22N2O5S2/c1-34(30,31)20-13-14-22(23(17-20)21-10-3-4-12-25(21)35(2,32)33)26(29)28-19-9-7-8-18(16-19)24-11-5-6-15-27-24/h3-17H,1-2H3,(H,28,29). The van der Waals surface area contributed by atoms with Crippen LogP contribution in [0, 0.1) is 0 Å². The molecule has 1 N–H and O–H groups in total. The Bertz CT molecular complexity index is 1630. The van der Waals surface area contributed by atoms with Gasteiger partial charge in [-0.2, -0.15) is 0 Å². The van der Waals surface area contributed by atoms with Crippen LogP contribution in [0.5, 0.6) is 0 Å². The van der Waals surface area contributed by atoms with Crippen molar-refractivity contribution in [2.75, 3.05) is 17.8 Å². The fourth-order valence-corrected chi connectivity index (χ4v) is 5.23. The van der Waals surface area contributed by atoms with Crippen molar-refractivity contribution in [1.82, 2.24) is 4.98 Å². The molecule has 0 bridgehead atoms. The second-order valence-corrected chi connectivity index (χ2v) is 12.0. The molecule has 0 aliphatic rings. The van der Waals surface area contributed by atoms with Crippen LogP contribution in [0.4, 0.5) is 5.69 Å². The summed E-state index contributed by atoms with van der Waals surface area (Å²) in [6, 6.07) is 22.9. The molecule has 1 aromatic heterocycles. The van der Waals surface area contributed by atoms with E-state index >= 15 is 0 Å². The summed E-state index contributed by atoms with van der Waals surface area (Å²) in [6.07, 6.45) is 3.79. The molecule has 178 valence electrons. The zero-order chi connectivity index (χ0) is 25.2. The quantitative estimate of drug-likeness (QED) is 0.413. The molecule has 0 radical (unpaired) electrons. The molecular weight excluding hydrogens is 484 g/mol. The van der Waals surface area contributed by atoms with Crippen molar-refractivity contribution < 1.29 is 21.6 Å². The first-order valence-electron chi connectivity index (χ1n) is 10.5. The number of rotatable bonds is 6. The highest BCUT2D eigenvalue weighted by atomic mass is 32.2. The van der Waals surface area contributed by atoms with Crippen molar-refractivity contribution in [3.05, 3.63) is 96.7 Å². The zero-order valence-electron chi connectivity index (χ0n) is 19.0. The van der Waals surface area contributed by atoms with Crippen molar-refractivity contribution in [2.45, 2.75) is 9.79 Å². The van der Waals surface area contributed by atoms with Gasteiger partial charge in [-0.3, -0.25) is 9.78 Å². The Morgan fingerprint density at radius 2 is 1.49 bits per heavy atom. The van der Waals surface area contributed by atoms with E-state index in [0.29, 0.717) is 5.69 Å². The van der Waals surface area contributed by atoms with Gasteiger partial charge in [0.25, 0.3) is 5.91 Å². The normalized spacial score (nSPS) is 11.7. The van der Waals surface area contributed by atoms with Crippen molar-refractivity contribution in [2.24, 2.45) is 0 Å². The molecule has 0 atom stereocenters. The average molecular weight is 507 g/mol. The van der Waals surface area contributed by atoms with Crippen molar-refractivity contribution in [3.8, 4) is 22.4 Å². The van der Waals surface area contributed by atoms with Gasteiger partial charge in [0.05, 0.1) is 15.5 Å². The van der Waals surface area contributed by atoms with Crippen LogP contribution >= 0.6 is 0 Å². The molecule has 35 heavy (non-hydrogen) atoms. The summed E-state index contributed by atoms with van der Waals surface area (Å²) < 4.78 is 49.3. The Hall–Kier alpha value is -3.82. The average Bonchev–Trinajstić information content (AvgIpc) is 2.83.